The van der Waals surface area contributed by atoms with E-state index in [4.69, 9.17) is 16.3 Å². The molecule has 3 heteroatoms. The molecule has 0 aliphatic heterocycles. The fraction of sp³-hybridized carbons (Fsp3) is 0.286. The molecule has 0 aliphatic carbocycles. The van der Waals surface area contributed by atoms with Crippen molar-refractivity contribution in [3.8, 4) is 5.75 Å². The molecule has 0 unspecified atom stereocenters. The van der Waals surface area contributed by atoms with Crippen molar-refractivity contribution in [3.63, 3.8) is 0 Å². The number of rotatable bonds is 6. The first-order valence-corrected chi connectivity index (χ1v) is 6.80. The van der Waals surface area contributed by atoms with E-state index in [9.17, 15) is 0 Å². The summed E-state index contributed by atoms with van der Waals surface area (Å²) in [5.41, 5.74) is 1.21. The third kappa shape index (κ3) is 4.88. The first-order chi connectivity index (χ1) is 8.17. The maximum absolute atomic E-state index is 6.12. The molecule has 0 amide bonds. The standard InChI is InChI=1S/C14H17ClOS/c1-4-8-17-11(3)10-16-14-7-6-12(5-2)9-13(14)15/h4,6-9H,3,5,10H2,1-2H3/b8-4-. The van der Waals surface area contributed by atoms with Gasteiger partial charge in [-0.15, -0.1) is 0 Å². The van der Waals surface area contributed by atoms with Gasteiger partial charge in [0.05, 0.1) is 5.02 Å². The van der Waals surface area contributed by atoms with E-state index < -0.39 is 0 Å². The molecule has 1 aromatic rings. The van der Waals surface area contributed by atoms with Gasteiger partial charge in [0.1, 0.15) is 12.4 Å². The zero-order valence-electron chi connectivity index (χ0n) is 10.2. The number of allylic oxidation sites excluding steroid dienone is 1. The lowest BCUT2D eigenvalue weighted by atomic mass is 10.2. The van der Waals surface area contributed by atoms with Crippen LogP contribution in [0.1, 0.15) is 19.4 Å². The molecule has 17 heavy (non-hydrogen) atoms. The Hall–Kier alpha value is -0.860. The van der Waals surface area contributed by atoms with Gasteiger partial charge in [-0.1, -0.05) is 49.0 Å². The van der Waals surface area contributed by atoms with Gasteiger partial charge >= 0.3 is 0 Å². The Bertz CT molecular complexity index is 413. The minimum Gasteiger partial charge on any atom is -0.487 e. The molecule has 0 fully saturated rings. The molecule has 0 atom stereocenters. The van der Waals surface area contributed by atoms with E-state index in [1.165, 1.54) is 5.56 Å². The molecule has 0 saturated carbocycles. The molecule has 1 nitrogen and oxygen atoms in total. The summed E-state index contributed by atoms with van der Waals surface area (Å²) in [6.45, 7) is 8.46. The number of ether oxygens (including phenoxy) is 1. The first kappa shape index (κ1) is 14.2. The van der Waals surface area contributed by atoms with Gasteiger partial charge in [-0.25, -0.2) is 0 Å². The van der Waals surface area contributed by atoms with Crippen LogP contribution in [-0.2, 0) is 6.42 Å². The molecule has 0 aliphatic rings. The molecule has 1 aromatic carbocycles. The Morgan fingerprint density at radius 2 is 2.29 bits per heavy atom. The molecular formula is C14H17ClOS. The van der Waals surface area contributed by atoms with Crippen LogP contribution in [0.3, 0.4) is 0 Å². The highest BCUT2D eigenvalue weighted by atomic mass is 35.5. The second-order valence-corrected chi connectivity index (χ2v) is 5.03. The van der Waals surface area contributed by atoms with Crippen LogP contribution >= 0.6 is 23.4 Å². The smallest absolute Gasteiger partial charge is 0.138 e. The van der Waals surface area contributed by atoms with Crippen molar-refractivity contribution in [3.05, 3.63) is 51.8 Å². The van der Waals surface area contributed by atoms with Crippen LogP contribution in [0.2, 0.25) is 5.02 Å². The quantitative estimate of drug-likeness (QED) is 0.713. The number of aryl methyl sites for hydroxylation is 1. The monoisotopic (exact) mass is 268 g/mol. The van der Waals surface area contributed by atoms with Crippen molar-refractivity contribution in [1.29, 1.82) is 0 Å². The second kappa shape index (κ2) is 7.46. The summed E-state index contributed by atoms with van der Waals surface area (Å²) in [5, 5.41) is 2.64. The van der Waals surface area contributed by atoms with Gasteiger partial charge < -0.3 is 4.74 Å². The molecule has 0 heterocycles. The third-order valence-electron chi connectivity index (χ3n) is 2.16. The fourth-order valence-corrected chi connectivity index (χ4v) is 1.95. The largest absolute Gasteiger partial charge is 0.487 e. The Morgan fingerprint density at radius 1 is 1.53 bits per heavy atom. The number of benzene rings is 1. The predicted molar refractivity (Wildman–Crippen MR) is 77.9 cm³/mol. The summed E-state index contributed by atoms with van der Waals surface area (Å²) < 4.78 is 5.61. The first-order valence-electron chi connectivity index (χ1n) is 5.54. The Morgan fingerprint density at radius 3 is 2.88 bits per heavy atom. The van der Waals surface area contributed by atoms with Crippen LogP contribution in [0.4, 0.5) is 0 Å². The van der Waals surface area contributed by atoms with Crippen molar-refractivity contribution in [1.82, 2.24) is 0 Å². The van der Waals surface area contributed by atoms with Crippen LogP contribution in [-0.4, -0.2) is 6.61 Å². The molecule has 1 rings (SSSR count). The van der Waals surface area contributed by atoms with Gasteiger partial charge in [0, 0.05) is 4.91 Å². The normalized spacial score (nSPS) is 10.8. The lowest BCUT2D eigenvalue weighted by Gasteiger charge is -2.09. The maximum Gasteiger partial charge on any atom is 0.138 e. The summed E-state index contributed by atoms with van der Waals surface area (Å²) in [5.74, 6) is 0.714. The maximum atomic E-state index is 6.12. The molecule has 0 aromatic heterocycles. The van der Waals surface area contributed by atoms with E-state index in [-0.39, 0.29) is 0 Å². The van der Waals surface area contributed by atoms with Crippen molar-refractivity contribution in [2.75, 3.05) is 6.61 Å². The predicted octanol–water partition coefficient (Wildman–Crippen LogP) is 5.06. The summed E-state index contributed by atoms with van der Waals surface area (Å²) in [6, 6.07) is 5.89. The Labute approximate surface area is 113 Å². The van der Waals surface area contributed by atoms with E-state index in [0.717, 1.165) is 11.3 Å². The van der Waals surface area contributed by atoms with Gasteiger partial charge in [0.15, 0.2) is 0 Å². The summed E-state index contributed by atoms with van der Waals surface area (Å²) in [4.78, 5) is 0.957. The fourth-order valence-electron chi connectivity index (χ4n) is 1.24. The summed E-state index contributed by atoms with van der Waals surface area (Å²) >= 11 is 7.69. The zero-order valence-corrected chi connectivity index (χ0v) is 11.8. The summed E-state index contributed by atoms with van der Waals surface area (Å²) in [7, 11) is 0. The summed E-state index contributed by atoms with van der Waals surface area (Å²) in [6.07, 6.45) is 2.95. The topological polar surface area (TPSA) is 9.23 Å². The number of hydrogen-bond acceptors (Lipinski definition) is 2. The van der Waals surface area contributed by atoms with E-state index in [2.05, 4.69) is 13.5 Å². The number of thioether (sulfide) groups is 1. The van der Waals surface area contributed by atoms with Crippen LogP contribution in [0.15, 0.2) is 41.2 Å². The second-order valence-electron chi connectivity index (χ2n) is 3.53. The van der Waals surface area contributed by atoms with Crippen molar-refractivity contribution < 1.29 is 4.74 Å². The van der Waals surface area contributed by atoms with E-state index >= 15 is 0 Å². The SMILES string of the molecule is C=C(COc1ccc(CC)cc1Cl)S/C=C\C. The van der Waals surface area contributed by atoms with Gasteiger partial charge in [0.2, 0.25) is 0 Å². The average molecular weight is 269 g/mol. The number of hydrogen-bond donors (Lipinski definition) is 0. The average Bonchev–Trinajstić information content (AvgIpc) is 2.34. The van der Waals surface area contributed by atoms with Gasteiger partial charge in [0.25, 0.3) is 0 Å². The third-order valence-corrected chi connectivity index (χ3v) is 3.32. The highest BCUT2D eigenvalue weighted by Crippen LogP contribution is 2.27. The van der Waals surface area contributed by atoms with Crippen LogP contribution in [0.25, 0.3) is 0 Å². The highest BCUT2D eigenvalue weighted by molar-refractivity contribution is 8.05. The molecule has 0 spiro atoms. The molecule has 0 N–H and O–H groups in total. The zero-order chi connectivity index (χ0) is 12.7. The van der Waals surface area contributed by atoms with Crippen LogP contribution < -0.4 is 4.74 Å². The highest BCUT2D eigenvalue weighted by Gasteiger charge is 2.03. The van der Waals surface area contributed by atoms with Crippen LogP contribution in [0.5, 0.6) is 5.75 Å². The minimum atomic E-state index is 0.472. The van der Waals surface area contributed by atoms with Gasteiger partial charge in [-0.3, -0.25) is 0 Å². The minimum absolute atomic E-state index is 0.472. The van der Waals surface area contributed by atoms with Crippen LogP contribution in [0, 0.1) is 0 Å². The molecular weight excluding hydrogens is 252 g/mol. The van der Waals surface area contributed by atoms with Crippen molar-refractivity contribution in [2.24, 2.45) is 0 Å². The molecule has 0 saturated heterocycles. The van der Waals surface area contributed by atoms with Crippen molar-refractivity contribution >= 4 is 23.4 Å². The van der Waals surface area contributed by atoms with Gasteiger partial charge in [-0.05, 0) is 36.4 Å². The van der Waals surface area contributed by atoms with E-state index in [1.807, 2.05) is 36.6 Å². The molecule has 0 radical (unpaired) electrons. The van der Waals surface area contributed by atoms with E-state index in [1.54, 1.807) is 11.8 Å². The van der Waals surface area contributed by atoms with Gasteiger partial charge in [-0.2, -0.15) is 0 Å². The molecule has 92 valence electrons. The lowest BCUT2D eigenvalue weighted by Crippen LogP contribution is -1.98. The van der Waals surface area contributed by atoms with E-state index in [0.29, 0.717) is 17.4 Å². The Balaban J connectivity index is 2.54. The number of halogens is 1. The van der Waals surface area contributed by atoms with Crippen molar-refractivity contribution in [2.45, 2.75) is 20.3 Å². The molecule has 0 bridgehead atoms. The lowest BCUT2D eigenvalue weighted by molar-refractivity contribution is 0.360. The Kier molecular flexibility index (Phi) is 6.23.